The quantitative estimate of drug-likeness (QED) is 0.404. The summed E-state index contributed by atoms with van der Waals surface area (Å²) in [5.74, 6) is 1.74. The Kier molecular flexibility index (Phi) is 1.67. The highest BCUT2D eigenvalue weighted by Gasteiger charge is 2.03. The van der Waals surface area contributed by atoms with Crippen molar-refractivity contribution >= 4 is 5.94 Å². The molecule has 0 atom stereocenters. The van der Waals surface area contributed by atoms with Crippen LogP contribution in [-0.2, 0) is 4.79 Å². The summed E-state index contributed by atoms with van der Waals surface area (Å²) in [5, 5.41) is 6.87. The van der Waals surface area contributed by atoms with E-state index in [1.54, 1.807) is 5.94 Å². The van der Waals surface area contributed by atoms with Crippen LogP contribution in [-0.4, -0.2) is 25.6 Å². The number of carbonyl (C=O) groups excluding carboxylic acids is 1. The van der Waals surface area contributed by atoms with Gasteiger partial charge in [-0.2, -0.15) is 0 Å². The number of hydrogen-bond acceptors (Lipinski definition) is 2. The topological polar surface area (TPSA) is 43.2 Å². The summed E-state index contributed by atoms with van der Waals surface area (Å²) < 4.78 is 0. The van der Waals surface area contributed by atoms with Crippen LogP contribution >= 0.6 is 0 Å². The van der Waals surface area contributed by atoms with Gasteiger partial charge in [0.25, 0.3) is 0 Å². The molecule has 0 bridgehead atoms. The van der Waals surface area contributed by atoms with Crippen LogP contribution in [0.2, 0.25) is 0 Å². The van der Waals surface area contributed by atoms with Crippen molar-refractivity contribution in [1.29, 1.82) is 0 Å². The molecule has 0 aromatic heterocycles. The summed E-state index contributed by atoms with van der Waals surface area (Å²) in [7, 11) is 0. The number of rotatable bonds is 0. The standard InChI is InChI=1S/C5H7N2O/c8-4-5-3-6-1-2-7-5/h6H,1-3H2. The molecule has 0 aliphatic carbocycles. The number of hydrogen-bond donors (Lipinski definition) is 1. The minimum Gasteiger partial charge on any atom is -0.309 e. The van der Waals surface area contributed by atoms with Crippen molar-refractivity contribution < 1.29 is 4.79 Å². The maximum Gasteiger partial charge on any atom is 0.149 e. The molecule has 1 saturated heterocycles. The summed E-state index contributed by atoms with van der Waals surface area (Å²) in [6.07, 6.45) is 0. The van der Waals surface area contributed by atoms with Gasteiger partial charge in [0.1, 0.15) is 11.6 Å². The third-order valence-electron chi connectivity index (χ3n) is 1.00. The first-order valence-electron chi connectivity index (χ1n) is 2.55. The zero-order chi connectivity index (χ0) is 5.82. The van der Waals surface area contributed by atoms with Gasteiger partial charge in [-0.3, -0.25) is 5.32 Å². The minimum absolute atomic E-state index is 0.510. The molecule has 1 radical (unpaired) electrons. The zero-order valence-corrected chi connectivity index (χ0v) is 4.48. The smallest absolute Gasteiger partial charge is 0.149 e. The highest BCUT2D eigenvalue weighted by molar-refractivity contribution is 5.52. The van der Waals surface area contributed by atoms with E-state index >= 15 is 0 Å². The Hall–Kier alpha value is -0.790. The summed E-state index contributed by atoms with van der Waals surface area (Å²) in [4.78, 5) is 9.86. The zero-order valence-electron chi connectivity index (χ0n) is 4.48. The van der Waals surface area contributed by atoms with E-state index in [1.165, 1.54) is 0 Å². The van der Waals surface area contributed by atoms with Crippen LogP contribution in [0.15, 0.2) is 5.70 Å². The second-order valence-electron chi connectivity index (χ2n) is 1.61. The Morgan fingerprint density at radius 1 is 1.75 bits per heavy atom. The van der Waals surface area contributed by atoms with Gasteiger partial charge in [-0.25, -0.2) is 4.79 Å². The van der Waals surface area contributed by atoms with Crippen molar-refractivity contribution in [3.8, 4) is 0 Å². The summed E-state index contributed by atoms with van der Waals surface area (Å²) in [6.45, 7) is 2.18. The molecule has 1 fully saturated rings. The van der Waals surface area contributed by atoms with E-state index in [4.69, 9.17) is 0 Å². The molecular weight excluding hydrogens is 104 g/mol. The van der Waals surface area contributed by atoms with Gasteiger partial charge in [-0.1, -0.05) is 0 Å². The predicted octanol–water partition coefficient (Wildman–Crippen LogP) is -1.09. The molecule has 1 N–H and O–H groups in total. The second-order valence-corrected chi connectivity index (χ2v) is 1.61. The molecule has 8 heavy (non-hydrogen) atoms. The fourth-order valence-corrected chi connectivity index (χ4v) is 0.601. The third-order valence-corrected chi connectivity index (χ3v) is 1.00. The van der Waals surface area contributed by atoms with Crippen LogP contribution in [0.5, 0.6) is 0 Å². The van der Waals surface area contributed by atoms with Crippen molar-refractivity contribution in [3.63, 3.8) is 0 Å². The predicted molar refractivity (Wildman–Crippen MR) is 29.1 cm³/mol. The van der Waals surface area contributed by atoms with E-state index in [9.17, 15) is 4.79 Å². The van der Waals surface area contributed by atoms with Gasteiger partial charge in [-0.15, -0.1) is 0 Å². The van der Waals surface area contributed by atoms with Gasteiger partial charge in [-0.05, 0) is 0 Å². The largest absolute Gasteiger partial charge is 0.309 e. The van der Waals surface area contributed by atoms with E-state index in [-0.39, 0.29) is 0 Å². The summed E-state index contributed by atoms with van der Waals surface area (Å²) >= 11 is 0. The Morgan fingerprint density at radius 2 is 2.62 bits per heavy atom. The molecule has 0 amide bonds. The Bertz CT molecular complexity index is 118. The maximum absolute atomic E-state index is 9.86. The molecular formula is C5H7N2O. The fourth-order valence-electron chi connectivity index (χ4n) is 0.601. The molecule has 3 heteroatoms. The average Bonchev–Trinajstić information content (AvgIpc) is 1.90. The van der Waals surface area contributed by atoms with Crippen LogP contribution in [0.1, 0.15) is 0 Å². The molecule has 43 valence electrons. The first-order valence-corrected chi connectivity index (χ1v) is 2.55. The normalized spacial score (nSPS) is 19.2. The van der Waals surface area contributed by atoms with Crippen LogP contribution in [0.3, 0.4) is 0 Å². The highest BCUT2D eigenvalue weighted by Crippen LogP contribution is 1.85. The van der Waals surface area contributed by atoms with E-state index < -0.39 is 0 Å². The molecule has 0 unspecified atom stereocenters. The molecule has 1 aliphatic heterocycles. The maximum atomic E-state index is 9.86. The molecule has 0 aromatic rings. The van der Waals surface area contributed by atoms with E-state index in [0.717, 1.165) is 6.54 Å². The van der Waals surface area contributed by atoms with E-state index in [1.807, 2.05) is 0 Å². The molecule has 0 spiro atoms. The Labute approximate surface area is 47.8 Å². The molecule has 1 heterocycles. The molecule has 1 aliphatic rings. The van der Waals surface area contributed by atoms with E-state index in [2.05, 4.69) is 10.6 Å². The molecule has 0 saturated carbocycles. The van der Waals surface area contributed by atoms with Crippen LogP contribution < -0.4 is 10.6 Å². The number of nitrogens with one attached hydrogen (secondary N) is 1. The lowest BCUT2D eigenvalue weighted by molar-refractivity contribution is 0.548. The van der Waals surface area contributed by atoms with Crippen molar-refractivity contribution in [1.82, 2.24) is 10.6 Å². The number of nitrogens with zero attached hydrogens (tertiary/aromatic N) is 1. The lowest BCUT2D eigenvalue weighted by Gasteiger charge is -2.10. The number of piperazine rings is 1. The first kappa shape index (κ1) is 5.35. The summed E-state index contributed by atoms with van der Waals surface area (Å²) in [6, 6.07) is 0. The van der Waals surface area contributed by atoms with Crippen LogP contribution in [0.4, 0.5) is 0 Å². The minimum atomic E-state index is 0.510. The Balaban J connectivity index is 2.45. The lowest BCUT2D eigenvalue weighted by Crippen LogP contribution is -2.34. The van der Waals surface area contributed by atoms with E-state index in [0.29, 0.717) is 18.8 Å². The fraction of sp³-hybridized carbons (Fsp3) is 0.600. The van der Waals surface area contributed by atoms with Crippen LogP contribution in [0, 0.1) is 0 Å². The molecule has 1 rings (SSSR count). The molecule has 0 aromatic carbocycles. The van der Waals surface area contributed by atoms with Crippen molar-refractivity contribution in [2.24, 2.45) is 0 Å². The third kappa shape index (κ3) is 1.09. The highest BCUT2D eigenvalue weighted by atomic mass is 16.1. The van der Waals surface area contributed by atoms with Gasteiger partial charge in [0.2, 0.25) is 0 Å². The van der Waals surface area contributed by atoms with Gasteiger partial charge >= 0.3 is 0 Å². The lowest BCUT2D eigenvalue weighted by atomic mass is 10.4. The first-order chi connectivity index (χ1) is 3.93. The Morgan fingerprint density at radius 3 is 3.00 bits per heavy atom. The second kappa shape index (κ2) is 2.50. The van der Waals surface area contributed by atoms with Gasteiger partial charge < -0.3 is 5.32 Å². The average molecular weight is 111 g/mol. The SMILES string of the molecule is O=C=C1CNCC[N]1. The van der Waals surface area contributed by atoms with Crippen molar-refractivity contribution in [2.75, 3.05) is 19.6 Å². The molecule has 3 nitrogen and oxygen atoms in total. The van der Waals surface area contributed by atoms with Crippen LogP contribution in [0.25, 0.3) is 0 Å². The van der Waals surface area contributed by atoms with Gasteiger partial charge in [0.05, 0.1) is 6.54 Å². The van der Waals surface area contributed by atoms with Gasteiger partial charge in [0.15, 0.2) is 0 Å². The monoisotopic (exact) mass is 111 g/mol. The van der Waals surface area contributed by atoms with Crippen molar-refractivity contribution in [3.05, 3.63) is 5.70 Å². The van der Waals surface area contributed by atoms with Crippen molar-refractivity contribution in [2.45, 2.75) is 0 Å². The van der Waals surface area contributed by atoms with Gasteiger partial charge in [0, 0.05) is 13.1 Å². The summed E-state index contributed by atoms with van der Waals surface area (Å²) in [5.41, 5.74) is 0.510.